The first kappa shape index (κ1) is 20.2. The lowest BCUT2D eigenvalue weighted by Gasteiger charge is -2.51. The zero-order valence-electron chi connectivity index (χ0n) is 19.7. The average molecular weight is 455 g/mol. The number of hydrogen-bond donors (Lipinski definition) is 1. The standard InChI is InChI=1S/C27H30N6O/c1-27-12-11-17-18(21(27)9-10-25(27)33-15-28-22-5-3-4-6-23(22)33)8-7-16-13-20(26-29-31-32-30-26)24(34-2)14-19(16)17/h3-6,13-15,17-18,21,25H,7-12H2,1-2H3,(H,29,30,31,32)/t17-,18+,21-,25?,27-/m0/s1. The van der Waals surface area contributed by atoms with Crippen LogP contribution in [0.25, 0.3) is 22.4 Å². The van der Waals surface area contributed by atoms with Crippen LogP contribution in [0.5, 0.6) is 5.75 Å². The van der Waals surface area contributed by atoms with Crippen molar-refractivity contribution in [2.75, 3.05) is 7.11 Å². The zero-order chi connectivity index (χ0) is 22.9. The highest BCUT2D eigenvalue weighted by Crippen LogP contribution is 2.64. The van der Waals surface area contributed by atoms with Gasteiger partial charge in [0.1, 0.15) is 5.75 Å². The molecule has 0 aliphatic heterocycles. The Bertz CT molecular complexity index is 1360. The smallest absolute Gasteiger partial charge is 0.183 e. The second-order valence-corrected chi connectivity index (χ2v) is 10.7. The fourth-order valence-corrected chi connectivity index (χ4v) is 7.88. The van der Waals surface area contributed by atoms with Crippen molar-refractivity contribution in [3.05, 3.63) is 53.9 Å². The predicted molar refractivity (Wildman–Crippen MR) is 130 cm³/mol. The predicted octanol–water partition coefficient (Wildman–Crippen LogP) is 5.32. The van der Waals surface area contributed by atoms with E-state index in [4.69, 9.17) is 9.72 Å². The van der Waals surface area contributed by atoms with Crippen molar-refractivity contribution in [3.63, 3.8) is 0 Å². The maximum atomic E-state index is 5.80. The van der Waals surface area contributed by atoms with Gasteiger partial charge in [0, 0.05) is 6.04 Å². The number of fused-ring (bicyclic) bond motifs is 6. The number of nitrogens with zero attached hydrogens (tertiary/aromatic N) is 5. The van der Waals surface area contributed by atoms with Gasteiger partial charge in [-0.15, -0.1) is 5.10 Å². The summed E-state index contributed by atoms with van der Waals surface area (Å²) in [5.74, 6) is 3.61. The number of ether oxygens (including phenoxy) is 1. The Labute approximate surface area is 198 Å². The molecular formula is C27H30N6O. The number of nitrogens with one attached hydrogen (secondary N) is 1. The molecule has 174 valence electrons. The fraction of sp³-hybridized carbons (Fsp3) is 0.481. The number of aromatic amines is 1. The number of benzene rings is 2. The van der Waals surface area contributed by atoms with E-state index in [-0.39, 0.29) is 0 Å². The third kappa shape index (κ3) is 2.76. The van der Waals surface area contributed by atoms with Crippen molar-refractivity contribution in [1.29, 1.82) is 0 Å². The molecular weight excluding hydrogens is 424 g/mol. The van der Waals surface area contributed by atoms with Crippen LogP contribution in [0.1, 0.15) is 62.1 Å². The maximum absolute atomic E-state index is 5.80. The topological polar surface area (TPSA) is 81.5 Å². The van der Waals surface area contributed by atoms with E-state index in [1.165, 1.54) is 48.7 Å². The molecule has 2 saturated carbocycles. The lowest BCUT2D eigenvalue weighted by atomic mass is 9.55. The van der Waals surface area contributed by atoms with Crippen LogP contribution in [0.3, 0.4) is 0 Å². The van der Waals surface area contributed by atoms with Crippen molar-refractivity contribution in [3.8, 4) is 17.1 Å². The van der Waals surface area contributed by atoms with Gasteiger partial charge in [-0.2, -0.15) is 0 Å². The lowest BCUT2D eigenvalue weighted by molar-refractivity contribution is 0.0331. The van der Waals surface area contributed by atoms with Gasteiger partial charge in [0.2, 0.25) is 0 Å². The summed E-state index contributed by atoms with van der Waals surface area (Å²) in [6, 6.07) is 13.7. The van der Waals surface area contributed by atoms with Gasteiger partial charge in [0.15, 0.2) is 5.82 Å². The number of aromatic nitrogens is 6. The van der Waals surface area contributed by atoms with Crippen LogP contribution >= 0.6 is 0 Å². The second-order valence-electron chi connectivity index (χ2n) is 10.7. The van der Waals surface area contributed by atoms with Crippen LogP contribution in [0.15, 0.2) is 42.7 Å². The quantitative estimate of drug-likeness (QED) is 0.453. The molecule has 0 spiro atoms. The van der Waals surface area contributed by atoms with E-state index in [0.717, 1.165) is 35.1 Å². The molecule has 2 aromatic heterocycles. The number of tetrazole rings is 1. The van der Waals surface area contributed by atoms with E-state index >= 15 is 0 Å². The van der Waals surface area contributed by atoms with E-state index in [2.05, 4.69) is 74.8 Å². The minimum absolute atomic E-state index is 0.317. The number of H-pyrrole nitrogens is 1. The van der Waals surface area contributed by atoms with Gasteiger partial charge < -0.3 is 9.30 Å². The van der Waals surface area contributed by atoms with E-state index < -0.39 is 0 Å². The van der Waals surface area contributed by atoms with Gasteiger partial charge >= 0.3 is 0 Å². The van der Waals surface area contributed by atoms with Gasteiger partial charge in [-0.25, -0.2) is 10.1 Å². The molecule has 1 unspecified atom stereocenters. The van der Waals surface area contributed by atoms with Gasteiger partial charge in [-0.3, -0.25) is 0 Å². The maximum Gasteiger partial charge on any atom is 0.183 e. The van der Waals surface area contributed by atoms with E-state index in [1.807, 2.05) is 0 Å². The second kappa shape index (κ2) is 7.39. The minimum atomic E-state index is 0.317. The summed E-state index contributed by atoms with van der Waals surface area (Å²) in [5.41, 5.74) is 6.59. The summed E-state index contributed by atoms with van der Waals surface area (Å²) in [6.45, 7) is 2.57. The minimum Gasteiger partial charge on any atom is -0.496 e. The Kier molecular flexibility index (Phi) is 4.38. The van der Waals surface area contributed by atoms with Crippen molar-refractivity contribution in [2.24, 2.45) is 17.3 Å². The van der Waals surface area contributed by atoms with E-state index in [9.17, 15) is 0 Å². The molecule has 3 aliphatic carbocycles. The summed E-state index contributed by atoms with van der Waals surface area (Å²) in [7, 11) is 1.74. The Morgan fingerprint density at radius 2 is 2.03 bits per heavy atom. The summed E-state index contributed by atoms with van der Waals surface area (Å²) in [4.78, 5) is 4.72. The number of rotatable bonds is 3. The van der Waals surface area contributed by atoms with Crippen molar-refractivity contribution in [2.45, 2.75) is 57.4 Å². The van der Waals surface area contributed by atoms with E-state index in [1.54, 1.807) is 7.11 Å². The highest BCUT2D eigenvalue weighted by molar-refractivity contribution is 5.75. The Hall–Kier alpha value is -3.22. The first-order chi connectivity index (χ1) is 16.7. The highest BCUT2D eigenvalue weighted by Gasteiger charge is 2.55. The number of aryl methyl sites for hydroxylation is 1. The lowest BCUT2D eigenvalue weighted by Crippen LogP contribution is -2.42. The highest BCUT2D eigenvalue weighted by atomic mass is 16.5. The van der Waals surface area contributed by atoms with E-state index in [0.29, 0.717) is 23.2 Å². The van der Waals surface area contributed by atoms with Crippen molar-refractivity contribution in [1.82, 2.24) is 30.2 Å². The van der Waals surface area contributed by atoms with Gasteiger partial charge in [-0.05, 0) is 108 Å². The Balaban J connectivity index is 1.24. The van der Waals surface area contributed by atoms with Crippen molar-refractivity contribution >= 4 is 11.0 Å². The Morgan fingerprint density at radius 3 is 2.88 bits per heavy atom. The number of para-hydroxylation sites is 2. The van der Waals surface area contributed by atoms with Gasteiger partial charge in [0.05, 0.1) is 30.0 Å². The number of hydrogen-bond acceptors (Lipinski definition) is 5. The molecule has 2 aromatic carbocycles. The molecule has 2 fully saturated rings. The molecule has 0 amide bonds. The summed E-state index contributed by atoms with van der Waals surface area (Å²) in [6.07, 6.45) is 9.51. The van der Waals surface area contributed by atoms with Crippen LogP contribution in [-0.2, 0) is 6.42 Å². The average Bonchev–Trinajstić information content (AvgIpc) is 3.61. The summed E-state index contributed by atoms with van der Waals surface area (Å²) >= 11 is 0. The first-order valence-corrected chi connectivity index (χ1v) is 12.5. The molecule has 0 radical (unpaired) electrons. The normalized spacial score (nSPS) is 30.1. The van der Waals surface area contributed by atoms with Crippen LogP contribution in [0.4, 0.5) is 0 Å². The Morgan fingerprint density at radius 1 is 1.12 bits per heavy atom. The third-order valence-electron chi connectivity index (χ3n) is 9.41. The van der Waals surface area contributed by atoms with Gasteiger partial charge in [-0.1, -0.05) is 19.1 Å². The van der Waals surface area contributed by atoms with Crippen LogP contribution < -0.4 is 4.74 Å². The molecule has 1 N–H and O–H groups in total. The first-order valence-electron chi connectivity index (χ1n) is 12.5. The number of imidazole rings is 1. The molecule has 4 aromatic rings. The molecule has 0 bridgehead atoms. The fourth-order valence-electron chi connectivity index (χ4n) is 7.88. The van der Waals surface area contributed by atoms with Crippen LogP contribution in [0.2, 0.25) is 0 Å². The molecule has 2 heterocycles. The van der Waals surface area contributed by atoms with Crippen LogP contribution in [0, 0.1) is 17.3 Å². The molecule has 34 heavy (non-hydrogen) atoms. The van der Waals surface area contributed by atoms with Gasteiger partial charge in [0.25, 0.3) is 0 Å². The number of methoxy groups -OCH3 is 1. The third-order valence-corrected chi connectivity index (χ3v) is 9.41. The van der Waals surface area contributed by atoms with Crippen LogP contribution in [-0.4, -0.2) is 37.3 Å². The van der Waals surface area contributed by atoms with Crippen molar-refractivity contribution < 1.29 is 4.74 Å². The monoisotopic (exact) mass is 454 g/mol. The molecule has 7 rings (SSSR count). The molecule has 7 heteroatoms. The molecule has 5 atom stereocenters. The SMILES string of the molecule is COc1cc2c(cc1-c1nnn[nH]1)CC[C@@H]1[C@@H]2CC[C@]2(C)C(n3cnc4ccccc43)CC[C@@H]12. The molecule has 7 nitrogen and oxygen atoms in total. The summed E-state index contributed by atoms with van der Waals surface area (Å²) < 4.78 is 8.30. The molecule has 0 saturated heterocycles. The zero-order valence-corrected chi connectivity index (χ0v) is 19.7. The largest absolute Gasteiger partial charge is 0.496 e. The summed E-state index contributed by atoms with van der Waals surface area (Å²) in [5, 5.41) is 14.5. The molecule has 3 aliphatic rings.